The molecule has 0 fully saturated rings. The highest BCUT2D eigenvalue weighted by molar-refractivity contribution is 5.76. The minimum absolute atomic E-state index is 0.0239. The van der Waals surface area contributed by atoms with Crippen LogP contribution in [0.25, 0.3) is 11.3 Å². The summed E-state index contributed by atoms with van der Waals surface area (Å²) in [5, 5.41) is 7.31. The molecule has 7 heteroatoms. The van der Waals surface area contributed by atoms with Crippen molar-refractivity contribution in [3.63, 3.8) is 0 Å². The van der Waals surface area contributed by atoms with Gasteiger partial charge in [-0.3, -0.25) is 9.89 Å². The number of nitrogens with one attached hydrogen (secondary N) is 2. The normalized spacial score (nSPS) is 10.8. The molecule has 2 N–H and O–H groups in total. The van der Waals surface area contributed by atoms with Crippen LogP contribution in [-0.2, 0) is 17.8 Å². The summed E-state index contributed by atoms with van der Waals surface area (Å²) < 4.78 is 0. The standard InChI is InChI=1S/C20H23N5O2/c1-13-17(14(2)22-20(27)21-13)9-10-19(26)25(3)12-16-11-18(24-23-16)15-7-5-4-6-8-15/h4-8,11H,9-10,12H2,1-3H3,(H,23,24)(H,21,22,27). The minimum Gasteiger partial charge on any atom is -0.340 e. The second-order valence-corrected chi connectivity index (χ2v) is 6.63. The van der Waals surface area contributed by atoms with Crippen LogP contribution >= 0.6 is 0 Å². The fourth-order valence-electron chi connectivity index (χ4n) is 3.09. The molecule has 2 heterocycles. The van der Waals surface area contributed by atoms with E-state index in [2.05, 4.69) is 20.2 Å². The van der Waals surface area contributed by atoms with E-state index in [1.54, 1.807) is 18.9 Å². The van der Waals surface area contributed by atoms with Gasteiger partial charge in [-0.15, -0.1) is 0 Å². The number of aromatic nitrogens is 4. The molecule has 1 amide bonds. The Morgan fingerprint density at radius 1 is 1.19 bits per heavy atom. The number of aromatic amines is 2. The quantitative estimate of drug-likeness (QED) is 0.701. The fourth-order valence-corrected chi connectivity index (χ4v) is 3.09. The van der Waals surface area contributed by atoms with Crippen LogP contribution in [0.5, 0.6) is 0 Å². The number of carbonyl (C=O) groups is 1. The Bertz CT molecular complexity index is 965. The first-order valence-electron chi connectivity index (χ1n) is 8.84. The number of rotatable bonds is 6. The highest BCUT2D eigenvalue weighted by atomic mass is 16.2. The SMILES string of the molecule is Cc1nc(=O)[nH]c(C)c1CCC(=O)N(C)Cc1cc(-c2ccccc2)n[nH]1. The third kappa shape index (κ3) is 4.49. The molecule has 7 nitrogen and oxygen atoms in total. The fraction of sp³-hybridized carbons (Fsp3) is 0.300. The maximum absolute atomic E-state index is 12.5. The van der Waals surface area contributed by atoms with Crippen molar-refractivity contribution in [1.82, 2.24) is 25.1 Å². The maximum atomic E-state index is 12.5. The molecule has 0 atom stereocenters. The lowest BCUT2D eigenvalue weighted by Crippen LogP contribution is -2.27. The van der Waals surface area contributed by atoms with Gasteiger partial charge < -0.3 is 9.88 Å². The average Bonchev–Trinajstić information content (AvgIpc) is 3.09. The van der Waals surface area contributed by atoms with Crippen molar-refractivity contribution < 1.29 is 4.79 Å². The zero-order valence-electron chi connectivity index (χ0n) is 15.7. The number of amides is 1. The Kier molecular flexibility index (Phi) is 5.49. The number of carbonyl (C=O) groups excluding carboxylic acids is 1. The van der Waals surface area contributed by atoms with Gasteiger partial charge in [-0.2, -0.15) is 10.1 Å². The largest absolute Gasteiger partial charge is 0.345 e. The van der Waals surface area contributed by atoms with Crippen LogP contribution in [0.1, 0.15) is 29.1 Å². The topological polar surface area (TPSA) is 94.7 Å². The number of H-pyrrole nitrogens is 2. The first-order chi connectivity index (χ1) is 12.9. The lowest BCUT2D eigenvalue weighted by Gasteiger charge is -2.16. The van der Waals surface area contributed by atoms with Crippen molar-refractivity contribution in [3.8, 4) is 11.3 Å². The van der Waals surface area contributed by atoms with Crippen LogP contribution < -0.4 is 5.69 Å². The van der Waals surface area contributed by atoms with Crippen LogP contribution in [0.3, 0.4) is 0 Å². The third-order valence-corrected chi connectivity index (χ3v) is 4.58. The molecule has 27 heavy (non-hydrogen) atoms. The predicted octanol–water partition coefficient (Wildman–Crippen LogP) is 2.37. The van der Waals surface area contributed by atoms with E-state index in [0.29, 0.717) is 25.1 Å². The van der Waals surface area contributed by atoms with Crippen LogP contribution in [-0.4, -0.2) is 38.0 Å². The van der Waals surface area contributed by atoms with E-state index in [1.165, 1.54) is 0 Å². The molecular formula is C20H23N5O2. The Morgan fingerprint density at radius 3 is 2.63 bits per heavy atom. The summed E-state index contributed by atoms with van der Waals surface area (Å²) in [4.78, 5) is 32.1. The molecule has 0 bridgehead atoms. The summed E-state index contributed by atoms with van der Waals surface area (Å²) in [6.45, 7) is 4.08. The summed E-state index contributed by atoms with van der Waals surface area (Å²) in [5.74, 6) is 0.0239. The Balaban J connectivity index is 1.60. The van der Waals surface area contributed by atoms with Crippen LogP contribution in [0, 0.1) is 13.8 Å². The lowest BCUT2D eigenvalue weighted by molar-refractivity contribution is -0.130. The van der Waals surface area contributed by atoms with Crippen molar-refractivity contribution in [2.24, 2.45) is 0 Å². The van der Waals surface area contributed by atoms with Gasteiger partial charge in [0.05, 0.1) is 17.9 Å². The van der Waals surface area contributed by atoms with Gasteiger partial charge in [0.1, 0.15) is 0 Å². The lowest BCUT2D eigenvalue weighted by atomic mass is 10.1. The number of hydrogen-bond donors (Lipinski definition) is 2. The van der Waals surface area contributed by atoms with Crippen molar-refractivity contribution in [3.05, 3.63) is 69.5 Å². The summed E-state index contributed by atoms with van der Waals surface area (Å²) in [6.07, 6.45) is 0.897. The number of benzene rings is 1. The molecule has 0 saturated heterocycles. The summed E-state index contributed by atoms with van der Waals surface area (Å²) in [7, 11) is 1.77. The first kappa shape index (κ1) is 18.6. The van der Waals surface area contributed by atoms with Crippen molar-refractivity contribution >= 4 is 5.91 Å². The first-order valence-corrected chi connectivity index (χ1v) is 8.84. The average molecular weight is 365 g/mol. The van der Waals surface area contributed by atoms with Crippen LogP contribution in [0.15, 0.2) is 41.2 Å². The van der Waals surface area contributed by atoms with Crippen molar-refractivity contribution in [2.45, 2.75) is 33.2 Å². The van der Waals surface area contributed by atoms with Crippen LogP contribution in [0.4, 0.5) is 0 Å². The highest BCUT2D eigenvalue weighted by Gasteiger charge is 2.14. The molecule has 3 aromatic rings. The molecule has 0 aliphatic rings. The molecule has 0 saturated carbocycles. The molecule has 0 radical (unpaired) electrons. The summed E-state index contributed by atoms with van der Waals surface area (Å²) in [6, 6.07) is 11.9. The summed E-state index contributed by atoms with van der Waals surface area (Å²) >= 11 is 0. The van der Waals surface area contributed by atoms with Gasteiger partial charge in [0.15, 0.2) is 0 Å². The van der Waals surface area contributed by atoms with E-state index >= 15 is 0 Å². The zero-order chi connectivity index (χ0) is 19.4. The zero-order valence-corrected chi connectivity index (χ0v) is 15.7. The van der Waals surface area contributed by atoms with Gasteiger partial charge in [-0.25, -0.2) is 4.79 Å². The molecule has 2 aromatic heterocycles. The van der Waals surface area contributed by atoms with Crippen molar-refractivity contribution in [1.29, 1.82) is 0 Å². The third-order valence-electron chi connectivity index (χ3n) is 4.58. The van der Waals surface area contributed by atoms with E-state index in [1.807, 2.05) is 43.3 Å². The molecule has 0 aliphatic heterocycles. The van der Waals surface area contributed by atoms with Gasteiger partial charge >= 0.3 is 5.69 Å². The molecule has 0 unspecified atom stereocenters. The van der Waals surface area contributed by atoms with E-state index in [-0.39, 0.29) is 11.6 Å². The van der Waals surface area contributed by atoms with Gasteiger partial charge in [-0.05, 0) is 31.9 Å². The second-order valence-electron chi connectivity index (χ2n) is 6.63. The van der Waals surface area contributed by atoms with E-state index in [0.717, 1.165) is 28.2 Å². The van der Waals surface area contributed by atoms with Crippen LogP contribution in [0.2, 0.25) is 0 Å². The predicted molar refractivity (Wildman–Crippen MR) is 103 cm³/mol. The molecule has 140 valence electrons. The van der Waals surface area contributed by atoms with Gasteiger partial charge in [0, 0.05) is 30.4 Å². The number of nitrogens with zero attached hydrogens (tertiary/aromatic N) is 3. The molecule has 1 aromatic carbocycles. The number of aryl methyl sites for hydroxylation is 2. The van der Waals surface area contributed by atoms with E-state index in [9.17, 15) is 9.59 Å². The van der Waals surface area contributed by atoms with E-state index < -0.39 is 0 Å². The number of hydrogen-bond acceptors (Lipinski definition) is 4. The van der Waals surface area contributed by atoms with Crippen molar-refractivity contribution in [2.75, 3.05) is 7.05 Å². The molecule has 0 aliphatic carbocycles. The van der Waals surface area contributed by atoms with Gasteiger partial charge in [-0.1, -0.05) is 30.3 Å². The minimum atomic E-state index is -0.356. The molecular weight excluding hydrogens is 342 g/mol. The molecule has 0 spiro atoms. The Hall–Kier alpha value is -3.22. The Morgan fingerprint density at radius 2 is 1.93 bits per heavy atom. The van der Waals surface area contributed by atoms with Gasteiger partial charge in [0.2, 0.25) is 5.91 Å². The highest BCUT2D eigenvalue weighted by Crippen LogP contribution is 2.18. The Labute approximate surface area is 157 Å². The van der Waals surface area contributed by atoms with E-state index in [4.69, 9.17) is 0 Å². The van der Waals surface area contributed by atoms with Gasteiger partial charge in [0.25, 0.3) is 0 Å². The maximum Gasteiger partial charge on any atom is 0.345 e. The monoisotopic (exact) mass is 365 g/mol. The second kappa shape index (κ2) is 7.99. The smallest absolute Gasteiger partial charge is 0.340 e. The summed E-state index contributed by atoms with van der Waals surface area (Å²) in [5.41, 5.74) is 4.77. The molecule has 3 rings (SSSR count).